The number of carbonyl (C=O) groups is 2. The predicted molar refractivity (Wildman–Crippen MR) is 79.1 cm³/mol. The standard InChI is InChI=1S/C16H17F3N2O4/c17-11-2-1-10(13(18)14(11)19)15(23)20-9-12(22)21-5-3-16(4-6-21)24-7-8-25-16/h1-2H,3-9H2,(H,20,23). The summed E-state index contributed by atoms with van der Waals surface area (Å²) in [6, 6.07) is 1.48. The molecule has 25 heavy (non-hydrogen) atoms. The van der Waals surface area contributed by atoms with Crippen molar-refractivity contribution in [2.45, 2.75) is 18.6 Å². The van der Waals surface area contributed by atoms with Crippen molar-refractivity contribution in [3.63, 3.8) is 0 Å². The Morgan fingerprint density at radius 3 is 2.36 bits per heavy atom. The summed E-state index contributed by atoms with van der Waals surface area (Å²) in [7, 11) is 0. The summed E-state index contributed by atoms with van der Waals surface area (Å²) in [5.41, 5.74) is -0.656. The third-order valence-electron chi connectivity index (χ3n) is 4.37. The highest BCUT2D eigenvalue weighted by molar-refractivity contribution is 5.96. The summed E-state index contributed by atoms with van der Waals surface area (Å²) in [6.45, 7) is 1.52. The molecule has 9 heteroatoms. The molecule has 3 rings (SSSR count). The maximum Gasteiger partial charge on any atom is 0.254 e. The number of nitrogens with one attached hydrogen (secondary N) is 1. The van der Waals surface area contributed by atoms with Crippen molar-refractivity contribution < 1.29 is 32.2 Å². The molecular weight excluding hydrogens is 341 g/mol. The molecule has 2 aliphatic heterocycles. The van der Waals surface area contributed by atoms with Gasteiger partial charge in [0.15, 0.2) is 23.2 Å². The second-order valence-electron chi connectivity index (χ2n) is 5.89. The highest BCUT2D eigenvalue weighted by atomic mass is 19.2. The zero-order valence-electron chi connectivity index (χ0n) is 13.3. The summed E-state index contributed by atoms with van der Waals surface area (Å²) in [6.07, 6.45) is 1.06. The topological polar surface area (TPSA) is 67.9 Å². The number of hydrogen-bond donors (Lipinski definition) is 1. The second-order valence-corrected chi connectivity index (χ2v) is 5.89. The Morgan fingerprint density at radius 2 is 1.72 bits per heavy atom. The number of halogens is 3. The van der Waals surface area contributed by atoms with Gasteiger partial charge in [0.05, 0.1) is 25.3 Å². The van der Waals surface area contributed by atoms with E-state index in [1.54, 1.807) is 0 Å². The van der Waals surface area contributed by atoms with E-state index in [-0.39, 0.29) is 12.5 Å². The van der Waals surface area contributed by atoms with E-state index in [1.165, 1.54) is 4.90 Å². The van der Waals surface area contributed by atoms with Crippen LogP contribution in [0.25, 0.3) is 0 Å². The third-order valence-corrected chi connectivity index (χ3v) is 4.37. The molecular formula is C16H17F3N2O4. The average Bonchev–Trinajstić information content (AvgIpc) is 3.06. The van der Waals surface area contributed by atoms with E-state index < -0.39 is 34.7 Å². The maximum atomic E-state index is 13.6. The quantitative estimate of drug-likeness (QED) is 0.825. The number of carbonyl (C=O) groups excluding carboxylic acids is 2. The number of nitrogens with zero attached hydrogens (tertiary/aromatic N) is 1. The monoisotopic (exact) mass is 358 g/mol. The molecule has 1 spiro atoms. The number of likely N-dealkylation sites (tertiary alicyclic amines) is 1. The first-order valence-corrected chi connectivity index (χ1v) is 7.89. The number of piperidine rings is 1. The molecule has 0 radical (unpaired) electrons. The molecule has 1 aromatic rings. The van der Waals surface area contributed by atoms with Crippen molar-refractivity contribution in [2.24, 2.45) is 0 Å². The molecule has 0 unspecified atom stereocenters. The lowest BCUT2D eigenvalue weighted by molar-refractivity contribution is -0.187. The Labute approximate surface area is 141 Å². The van der Waals surface area contributed by atoms with Gasteiger partial charge in [0.25, 0.3) is 5.91 Å². The Balaban J connectivity index is 1.52. The number of rotatable bonds is 3. The summed E-state index contributed by atoms with van der Waals surface area (Å²) >= 11 is 0. The van der Waals surface area contributed by atoms with Gasteiger partial charge in [0, 0.05) is 25.9 Å². The van der Waals surface area contributed by atoms with Gasteiger partial charge in [0.1, 0.15) is 0 Å². The van der Waals surface area contributed by atoms with Gasteiger partial charge in [-0.3, -0.25) is 9.59 Å². The summed E-state index contributed by atoms with van der Waals surface area (Å²) < 4.78 is 50.7. The fraction of sp³-hybridized carbons (Fsp3) is 0.500. The predicted octanol–water partition coefficient (Wildman–Crippen LogP) is 1.20. The normalized spacial score (nSPS) is 19.2. The Hall–Kier alpha value is -2.13. The maximum absolute atomic E-state index is 13.6. The van der Waals surface area contributed by atoms with Crippen LogP contribution in [0.5, 0.6) is 0 Å². The minimum atomic E-state index is -1.73. The molecule has 0 aromatic heterocycles. The zero-order valence-corrected chi connectivity index (χ0v) is 13.3. The summed E-state index contributed by atoms with van der Waals surface area (Å²) in [5.74, 6) is -6.65. The van der Waals surface area contributed by atoms with Crippen LogP contribution in [0.4, 0.5) is 13.2 Å². The van der Waals surface area contributed by atoms with Crippen LogP contribution >= 0.6 is 0 Å². The molecule has 2 heterocycles. The van der Waals surface area contributed by atoms with Crippen molar-refractivity contribution in [2.75, 3.05) is 32.8 Å². The molecule has 6 nitrogen and oxygen atoms in total. The van der Waals surface area contributed by atoms with Crippen LogP contribution in [0.3, 0.4) is 0 Å². The van der Waals surface area contributed by atoms with Crippen LogP contribution in [0, 0.1) is 17.5 Å². The minimum absolute atomic E-state index is 0.357. The number of hydrogen-bond acceptors (Lipinski definition) is 4. The van der Waals surface area contributed by atoms with E-state index in [4.69, 9.17) is 9.47 Å². The molecule has 2 saturated heterocycles. The van der Waals surface area contributed by atoms with Gasteiger partial charge in [-0.2, -0.15) is 0 Å². The lowest BCUT2D eigenvalue weighted by Crippen LogP contribution is -2.49. The molecule has 2 amide bonds. The van der Waals surface area contributed by atoms with Gasteiger partial charge < -0.3 is 19.7 Å². The van der Waals surface area contributed by atoms with E-state index in [9.17, 15) is 22.8 Å². The third kappa shape index (κ3) is 3.62. The molecule has 1 aromatic carbocycles. The highest BCUT2D eigenvalue weighted by Crippen LogP contribution is 2.31. The fourth-order valence-electron chi connectivity index (χ4n) is 2.95. The van der Waals surface area contributed by atoms with Crippen LogP contribution < -0.4 is 5.32 Å². The molecule has 0 aliphatic carbocycles. The zero-order chi connectivity index (χ0) is 18.0. The van der Waals surface area contributed by atoms with Gasteiger partial charge >= 0.3 is 0 Å². The Kier molecular flexibility index (Phi) is 4.96. The number of benzene rings is 1. The van der Waals surface area contributed by atoms with Crippen molar-refractivity contribution in [3.05, 3.63) is 35.1 Å². The van der Waals surface area contributed by atoms with Crippen LogP contribution in [-0.2, 0) is 14.3 Å². The van der Waals surface area contributed by atoms with Crippen molar-refractivity contribution in [1.82, 2.24) is 10.2 Å². The Bertz CT molecular complexity index is 682. The van der Waals surface area contributed by atoms with Gasteiger partial charge in [-0.15, -0.1) is 0 Å². The number of ether oxygens (including phenoxy) is 2. The molecule has 136 valence electrons. The molecule has 0 atom stereocenters. The van der Waals surface area contributed by atoms with Gasteiger partial charge in [0.2, 0.25) is 5.91 Å². The lowest BCUT2D eigenvalue weighted by Gasteiger charge is -2.37. The second kappa shape index (κ2) is 7.01. The van der Waals surface area contributed by atoms with Gasteiger partial charge in [-0.1, -0.05) is 0 Å². The van der Waals surface area contributed by atoms with Crippen LogP contribution in [0.1, 0.15) is 23.2 Å². The smallest absolute Gasteiger partial charge is 0.254 e. The first-order valence-electron chi connectivity index (χ1n) is 7.89. The van der Waals surface area contributed by atoms with Crippen LogP contribution in [0.2, 0.25) is 0 Å². The highest BCUT2D eigenvalue weighted by Gasteiger charge is 2.40. The van der Waals surface area contributed by atoms with Crippen molar-refractivity contribution in [1.29, 1.82) is 0 Å². The van der Waals surface area contributed by atoms with Crippen LogP contribution in [0.15, 0.2) is 12.1 Å². The molecule has 0 saturated carbocycles. The summed E-state index contributed by atoms with van der Waals surface area (Å²) in [4.78, 5) is 25.6. The lowest BCUT2D eigenvalue weighted by atomic mass is 10.0. The number of amides is 2. The van der Waals surface area contributed by atoms with Crippen molar-refractivity contribution >= 4 is 11.8 Å². The molecule has 2 aliphatic rings. The minimum Gasteiger partial charge on any atom is -0.347 e. The first kappa shape index (κ1) is 17.7. The molecule has 0 bridgehead atoms. The first-order chi connectivity index (χ1) is 11.9. The summed E-state index contributed by atoms with van der Waals surface area (Å²) in [5, 5.41) is 2.22. The largest absolute Gasteiger partial charge is 0.347 e. The van der Waals surface area contributed by atoms with E-state index in [1.807, 2.05) is 0 Å². The van der Waals surface area contributed by atoms with Gasteiger partial charge in [-0.25, -0.2) is 13.2 Å². The Morgan fingerprint density at radius 1 is 1.08 bits per heavy atom. The van der Waals surface area contributed by atoms with E-state index in [0.717, 1.165) is 6.07 Å². The average molecular weight is 358 g/mol. The molecule has 2 fully saturated rings. The van der Waals surface area contributed by atoms with E-state index in [0.29, 0.717) is 45.2 Å². The SMILES string of the molecule is O=C(NCC(=O)N1CCC2(CC1)OCCO2)c1ccc(F)c(F)c1F. The van der Waals surface area contributed by atoms with E-state index >= 15 is 0 Å². The van der Waals surface area contributed by atoms with Crippen LogP contribution in [-0.4, -0.2) is 55.3 Å². The molecule has 1 N–H and O–H groups in total. The van der Waals surface area contributed by atoms with Crippen molar-refractivity contribution in [3.8, 4) is 0 Å². The van der Waals surface area contributed by atoms with Gasteiger partial charge in [-0.05, 0) is 12.1 Å². The van der Waals surface area contributed by atoms with E-state index in [2.05, 4.69) is 5.32 Å². The fourth-order valence-corrected chi connectivity index (χ4v) is 2.95.